The van der Waals surface area contributed by atoms with Gasteiger partial charge in [0.2, 0.25) is 10.0 Å². The Morgan fingerprint density at radius 3 is 2.16 bits per heavy atom. The van der Waals surface area contributed by atoms with Crippen LogP contribution in [0.2, 0.25) is 0 Å². The van der Waals surface area contributed by atoms with Gasteiger partial charge >= 0.3 is 0 Å². The van der Waals surface area contributed by atoms with Crippen LogP contribution in [0.15, 0.2) is 53.4 Å². The molecule has 2 aromatic carbocycles. The number of nitrogens with zero attached hydrogens (tertiary/aromatic N) is 2. The van der Waals surface area contributed by atoms with Crippen LogP contribution in [0.1, 0.15) is 22.0 Å². The third-order valence-corrected chi connectivity index (χ3v) is 5.33. The van der Waals surface area contributed by atoms with Crippen molar-refractivity contribution >= 4 is 15.9 Å². The second-order valence-electron chi connectivity index (χ2n) is 5.40. The lowest BCUT2D eigenvalue weighted by Crippen LogP contribution is -2.27. The van der Waals surface area contributed by atoms with Gasteiger partial charge in [-0.05, 0) is 42.0 Å². The van der Waals surface area contributed by atoms with Gasteiger partial charge in [0.25, 0.3) is 5.91 Å². The second-order valence-corrected chi connectivity index (χ2v) is 7.55. The first-order chi connectivity index (χ1) is 11.8. The van der Waals surface area contributed by atoms with Gasteiger partial charge < -0.3 is 5.32 Å². The van der Waals surface area contributed by atoms with Crippen LogP contribution in [-0.4, -0.2) is 32.7 Å². The molecule has 0 aliphatic carbocycles. The van der Waals surface area contributed by atoms with E-state index in [0.717, 1.165) is 4.31 Å². The SMILES string of the molecule is CN(C)S(=O)(=O)c1ccc(C(=O)N[C@H](C#N)c2ccc(F)cc2)cc1. The number of nitrogens with one attached hydrogen (secondary N) is 1. The maximum Gasteiger partial charge on any atom is 0.252 e. The van der Waals surface area contributed by atoms with Crippen molar-refractivity contribution in [2.75, 3.05) is 14.1 Å². The van der Waals surface area contributed by atoms with Crippen LogP contribution in [0.5, 0.6) is 0 Å². The summed E-state index contributed by atoms with van der Waals surface area (Å²) < 4.78 is 38.0. The minimum Gasteiger partial charge on any atom is -0.333 e. The number of amides is 1. The van der Waals surface area contributed by atoms with Gasteiger partial charge in [-0.3, -0.25) is 4.79 Å². The molecule has 0 spiro atoms. The van der Waals surface area contributed by atoms with Gasteiger partial charge in [0, 0.05) is 19.7 Å². The largest absolute Gasteiger partial charge is 0.333 e. The Balaban J connectivity index is 2.18. The molecule has 1 atom stereocenters. The summed E-state index contributed by atoms with van der Waals surface area (Å²) in [4.78, 5) is 12.3. The van der Waals surface area contributed by atoms with Crippen molar-refractivity contribution in [3.63, 3.8) is 0 Å². The average molecular weight is 361 g/mol. The topological polar surface area (TPSA) is 90.3 Å². The molecule has 1 N–H and O–H groups in total. The fourth-order valence-electron chi connectivity index (χ4n) is 2.05. The van der Waals surface area contributed by atoms with Crippen LogP contribution in [0.25, 0.3) is 0 Å². The molecule has 0 heterocycles. The van der Waals surface area contributed by atoms with E-state index in [1.165, 1.54) is 62.6 Å². The predicted octanol–water partition coefficient (Wildman–Crippen LogP) is 2.07. The van der Waals surface area contributed by atoms with Crippen LogP contribution in [0, 0.1) is 17.1 Å². The molecule has 0 saturated carbocycles. The van der Waals surface area contributed by atoms with Crippen molar-refractivity contribution < 1.29 is 17.6 Å². The van der Waals surface area contributed by atoms with Gasteiger partial charge in [0.05, 0.1) is 11.0 Å². The van der Waals surface area contributed by atoms with E-state index < -0.39 is 27.8 Å². The summed E-state index contributed by atoms with van der Waals surface area (Å²) in [5.74, 6) is -0.978. The molecule has 1 amide bonds. The zero-order chi connectivity index (χ0) is 18.6. The first-order valence-electron chi connectivity index (χ1n) is 7.24. The van der Waals surface area contributed by atoms with E-state index in [1.807, 2.05) is 6.07 Å². The first-order valence-corrected chi connectivity index (χ1v) is 8.68. The predicted molar refractivity (Wildman–Crippen MR) is 89.5 cm³/mol. The highest BCUT2D eigenvalue weighted by Crippen LogP contribution is 2.16. The highest BCUT2D eigenvalue weighted by atomic mass is 32.2. The Bertz CT molecular complexity index is 902. The lowest BCUT2D eigenvalue weighted by Gasteiger charge is -2.13. The Morgan fingerprint density at radius 1 is 1.12 bits per heavy atom. The quantitative estimate of drug-likeness (QED) is 0.883. The summed E-state index contributed by atoms with van der Waals surface area (Å²) in [5.41, 5.74) is 0.657. The minimum absolute atomic E-state index is 0.0596. The van der Waals surface area contributed by atoms with Crippen LogP contribution < -0.4 is 5.32 Å². The number of hydrogen-bond acceptors (Lipinski definition) is 4. The number of benzene rings is 2. The number of hydrogen-bond donors (Lipinski definition) is 1. The van der Waals surface area contributed by atoms with E-state index in [9.17, 15) is 22.9 Å². The molecule has 6 nitrogen and oxygen atoms in total. The molecular weight excluding hydrogens is 345 g/mol. The standard InChI is InChI=1S/C17H16FN3O3S/c1-21(2)25(23,24)15-9-5-13(6-10-15)17(22)20-16(11-19)12-3-7-14(18)8-4-12/h3-10,16H,1-2H3,(H,20,22)/t16-/m1/s1. The molecule has 0 aromatic heterocycles. The van der Waals surface area contributed by atoms with Gasteiger partial charge in [0.15, 0.2) is 0 Å². The molecule has 2 rings (SSSR count). The third-order valence-electron chi connectivity index (χ3n) is 3.50. The fraction of sp³-hybridized carbons (Fsp3) is 0.176. The summed E-state index contributed by atoms with van der Waals surface area (Å²) in [6.45, 7) is 0. The van der Waals surface area contributed by atoms with Crippen molar-refractivity contribution in [3.05, 3.63) is 65.5 Å². The Hall–Kier alpha value is -2.76. The molecule has 0 bridgehead atoms. The van der Waals surface area contributed by atoms with E-state index in [1.54, 1.807) is 0 Å². The zero-order valence-corrected chi connectivity index (χ0v) is 14.4. The van der Waals surface area contributed by atoms with Crippen molar-refractivity contribution in [2.24, 2.45) is 0 Å². The molecular formula is C17H16FN3O3S. The molecule has 0 saturated heterocycles. The van der Waals surface area contributed by atoms with Crippen molar-refractivity contribution in [2.45, 2.75) is 10.9 Å². The lowest BCUT2D eigenvalue weighted by molar-refractivity contribution is 0.0945. The van der Waals surface area contributed by atoms with E-state index >= 15 is 0 Å². The minimum atomic E-state index is -3.58. The van der Waals surface area contributed by atoms with E-state index in [-0.39, 0.29) is 10.5 Å². The maximum absolute atomic E-state index is 12.9. The normalized spacial score (nSPS) is 12.4. The molecule has 8 heteroatoms. The van der Waals surface area contributed by atoms with E-state index in [4.69, 9.17) is 0 Å². The number of rotatable bonds is 5. The molecule has 25 heavy (non-hydrogen) atoms. The number of nitriles is 1. The average Bonchev–Trinajstić information content (AvgIpc) is 2.60. The number of carbonyl (C=O) groups excluding carboxylic acids is 1. The monoisotopic (exact) mass is 361 g/mol. The van der Waals surface area contributed by atoms with Gasteiger partial charge in [-0.15, -0.1) is 0 Å². The Morgan fingerprint density at radius 2 is 1.68 bits per heavy atom. The highest BCUT2D eigenvalue weighted by molar-refractivity contribution is 7.89. The molecule has 0 aliphatic heterocycles. The smallest absolute Gasteiger partial charge is 0.252 e. The van der Waals surface area contributed by atoms with Gasteiger partial charge in [0.1, 0.15) is 11.9 Å². The summed E-state index contributed by atoms with van der Waals surface area (Å²) in [6.07, 6.45) is 0. The second kappa shape index (κ2) is 7.42. The van der Waals surface area contributed by atoms with E-state index in [0.29, 0.717) is 5.56 Å². The number of sulfonamides is 1. The molecule has 0 aliphatic rings. The Labute approximate surface area is 145 Å². The lowest BCUT2D eigenvalue weighted by atomic mass is 10.1. The Kier molecular flexibility index (Phi) is 5.51. The van der Waals surface area contributed by atoms with Crippen LogP contribution in [-0.2, 0) is 10.0 Å². The highest BCUT2D eigenvalue weighted by Gasteiger charge is 2.19. The van der Waals surface area contributed by atoms with Gasteiger partial charge in [-0.2, -0.15) is 5.26 Å². The molecule has 0 fully saturated rings. The number of halogens is 1. The molecule has 0 radical (unpaired) electrons. The summed E-state index contributed by atoms with van der Waals surface area (Å²) >= 11 is 0. The van der Waals surface area contributed by atoms with Crippen LogP contribution in [0.3, 0.4) is 0 Å². The van der Waals surface area contributed by atoms with Crippen LogP contribution >= 0.6 is 0 Å². The fourth-order valence-corrected chi connectivity index (χ4v) is 2.95. The first kappa shape index (κ1) is 18.6. The number of carbonyl (C=O) groups is 1. The zero-order valence-electron chi connectivity index (χ0n) is 13.6. The maximum atomic E-state index is 12.9. The van der Waals surface area contributed by atoms with Crippen LogP contribution in [0.4, 0.5) is 4.39 Å². The summed E-state index contributed by atoms with van der Waals surface area (Å²) in [5, 5.41) is 11.7. The van der Waals surface area contributed by atoms with Crippen molar-refractivity contribution in [3.8, 4) is 6.07 Å². The van der Waals surface area contributed by atoms with Crippen molar-refractivity contribution in [1.82, 2.24) is 9.62 Å². The van der Waals surface area contributed by atoms with Crippen molar-refractivity contribution in [1.29, 1.82) is 5.26 Å². The molecule has 0 unspecified atom stereocenters. The molecule has 130 valence electrons. The molecule has 2 aromatic rings. The summed E-state index contributed by atoms with van der Waals surface area (Å²) in [7, 11) is -0.755. The van der Waals surface area contributed by atoms with Gasteiger partial charge in [-0.25, -0.2) is 17.1 Å². The third kappa shape index (κ3) is 4.21. The van der Waals surface area contributed by atoms with Gasteiger partial charge in [-0.1, -0.05) is 12.1 Å². The summed E-state index contributed by atoms with van der Waals surface area (Å²) in [6, 6.07) is 11.6. The van der Waals surface area contributed by atoms with E-state index in [2.05, 4.69) is 5.32 Å².